The number of rotatable bonds is 4. The highest BCUT2D eigenvalue weighted by atomic mass is 79.9. The third-order valence-electron chi connectivity index (χ3n) is 5.27. The second-order valence-corrected chi connectivity index (χ2v) is 9.58. The van der Waals surface area contributed by atoms with Crippen LogP contribution in [-0.2, 0) is 11.8 Å². The molecule has 1 aromatic carbocycles. The highest BCUT2D eigenvalue weighted by Crippen LogP contribution is 2.31. The molecule has 1 saturated heterocycles. The monoisotopic (exact) mass is 491 g/mol. The van der Waals surface area contributed by atoms with E-state index in [1.807, 2.05) is 51.1 Å². The number of nitrogens with one attached hydrogen (secondary N) is 1. The molecule has 1 aliphatic rings. The average Bonchev–Trinajstić information content (AvgIpc) is 2.70. The Labute approximate surface area is 191 Å². The Balaban J connectivity index is 1.73. The Hall–Kier alpha value is -2.48. The van der Waals surface area contributed by atoms with Crippen LogP contribution in [0.4, 0.5) is 10.5 Å². The minimum absolute atomic E-state index is 0.0389. The zero-order valence-corrected chi connectivity index (χ0v) is 20.3. The predicted molar refractivity (Wildman–Crippen MR) is 126 cm³/mol. The molecule has 7 nitrogen and oxygen atoms in total. The van der Waals surface area contributed by atoms with Crippen LogP contribution >= 0.6 is 15.9 Å². The van der Waals surface area contributed by atoms with Crippen molar-refractivity contribution in [3.8, 4) is 17.0 Å². The lowest BCUT2D eigenvalue weighted by atomic mass is 10.0. The summed E-state index contributed by atoms with van der Waals surface area (Å²) >= 11 is 3.65. The fraction of sp³-hybridized carbons (Fsp3) is 0.478. The largest absolute Gasteiger partial charge is 0.497 e. The van der Waals surface area contributed by atoms with Crippen LogP contribution in [-0.4, -0.2) is 42.5 Å². The number of halogens is 1. The number of benzene rings is 1. The van der Waals surface area contributed by atoms with Crippen LogP contribution in [0.5, 0.6) is 5.75 Å². The standard InChI is InChI=1S/C23H30BrN3O4/c1-23(2,3)31-22(29)25-16-10-12-27(13-11-16)19-14-18(24)20(26(4)21(19)28)15-6-8-17(30-5)9-7-15/h6-9,14,16H,10-13H2,1-5H3,(H,25,29). The van der Waals surface area contributed by atoms with Gasteiger partial charge in [0.05, 0.1) is 12.8 Å². The van der Waals surface area contributed by atoms with Crippen molar-refractivity contribution in [3.05, 3.63) is 45.2 Å². The second-order valence-electron chi connectivity index (χ2n) is 8.73. The molecule has 0 saturated carbocycles. The molecule has 0 unspecified atom stereocenters. The summed E-state index contributed by atoms with van der Waals surface area (Å²) in [6.45, 7) is 6.91. The van der Waals surface area contributed by atoms with Crippen molar-refractivity contribution >= 4 is 27.7 Å². The molecule has 0 spiro atoms. The van der Waals surface area contributed by atoms with Gasteiger partial charge in [0.1, 0.15) is 17.0 Å². The van der Waals surface area contributed by atoms with Gasteiger partial charge < -0.3 is 24.3 Å². The van der Waals surface area contributed by atoms with Gasteiger partial charge in [-0.05, 0) is 85.4 Å². The first kappa shape index (κ1) is 23.2. The molecule has 3 rings (SSSR count). The smallest absolute Gasteiger partial charge is 0.407 e. The van der Waals surface area contributed by atoms with E-state index in [2.05, 4.69) is 26.1 Å². The van der Waals surface area contributed by atoms with E-state index in [0.717, 1.165) is 34.3 Å². The molecule has 0 bridgehead atoms. The summed E-state index contributed by atoms with van der Waals surface area (Å²) in [5.41, 5.74) is 1.83. The first-order chi connectivity index (χ1) is 14.6. The Kier molecular flexibility index (Phi) is 6.99. The van der Waals surface area contributed by atoms with E-state index in [-0.39, 0.29) is 11.6 Å². The molecular weight excluding hydrogens is 462 g/mol. The Morgan fingerprint density at radius 3 is 2.32 bits per heavy atom. The molecule has 2 aromatic rings. The predicted octanol–water partition coefficient (Wildman–Crippen LogP) is 4.32. The number of hydrogen-bond donors (Lipinski definition) is 1. The number of ether oxygens (including phenoxy) is 2. The fourth-order valence-corrected chi connectivity index (χ4v) is 4.44. The summed E-state index contributed by atoms with van der Waals surface area (Å²) in [5.74, 6) is 0.768. The number of pyridine rings is 1. The Morgan fingerprint density at radius 1 is 1.16 bits per heavy atom. The molecule has 1 aliphatic heterocycles. The van der Waals surface area contributed by atoms with Crippen LogP contribution in [0.15, 0.2) is 39.6 Å². The fourth-order valence-electron chi connectivity index (χ4n) is 3.73. The minimum Gasteiger partial charge on any atom is -0.497 e. The van der Waals surface area contributed by atoms with Crippen LogP contribution in [0.1, 0.15) is 33.6 Å². The summed E-state index contributed by atoms with van der Waals surface area (Å²) in [6, 6.07) is 9.56. The number of piperidine rings is 1. The number of carbonyl (C=O) groups excluding carboxylic acids is 1. The van der Waals surface area contributed by atoms with Gasteiger partial charge in [-0.2, -0.15) is 0 Å². The molecule has 1 aromatic heterocycles. The topological polar surface area (TPSA) is 72.8 Å². The zero-order valence-electron chi connectivity index (χ0n) is 18.7. The quantitative estimate of drug-likeness (QED) is 0.689. The lowest BCUT2D eigenvalue weighted by Crippen LogP contribution is -2.47. The van der Waals surface area contributed by atoms with Crippen LogP contribution < -0.4 is 20.5 Å². The maximum absolute atomic E-state index is 13.1. The summed E-state index contributed by atoms with van der Waals surface area (Å²) < 4.78 is 13.1. The van der Waals surface area contributed by atoms with Crippen LogP contribution in [0.2, 0.25) is 0 Å². The third-order valence-corrected chi connectivity index (χ3v) is 5.87. The van der Waals surface area contributed by atoms with E-state index in [1.54, 1.807) is 18.7 Å². The minimum atomic E-state index is -0.519. The normalized spacial score (nSPS) is 15.0. The summed E-state index contributed by atoms with van der Waals surface area (Å²) in [6.07, 6.45) is 1.11. The number of anilines is 1. The van der Waals surface area contributed by atoms with E-state index in [1.165, 1.54) is 0 Å². The van der Waals surface area contributed by atoms with Crippen molar-refractivity contribution in [2.75, 3.05) is 25.1 Å². The molecule has 0 aliphatic carbocycles. The van der Waals surface area contributed by atoms with Gasteiger partial charge in [0, 0.05) is 30.7 Å². The van der Waals surface area contributed by atoms with E-state index in [0.29, 0.717) is 18.8 Å². The third kappa shape index (κ3) is 5.61. The van der Waals surface area contributed by atoms with Crippen molar-refractivity contribution in [2.45, 2.75) is 45.3 Å². The van der Waals surface area contributed by atoms with Gasteiger partial charge in [0.2, 0.25) is 0 Å². The average molecular weight is 492 g/mol. The van der Waals surface area contributed by atoms with Gasteiger partial charge >= 0.3 is 6.09 Å². The van der Waals surface area contributed by atoms with E-state index in [9.17, 15) is 9.59 Å². The molecule has 168 valence electrons. The first-order valence-electron chi connectivity index (χ1n) is 10.4. The van der Waals surface area contributed by atoms with Crippen molar-refractivity contribution in [3.63, 3.8) is 0 Å². The van der Waals surface area contributed by atoms with Crippen molar-refractivity contribution in [1.29, 1.82) is 0 Å². The molecule has 0 atom stereocenters. The number of nitrogens with zero attached hydrogens (tertiary/aromatic N) is 2. The van der Waals surface area contributed by atoms with Crippen molar-refractivity contribution in [1.82, 2.24) is 9.88 Å². The second kappa shape index (κ2) is 9.34. The van der Waals surface area contributed by atoms with Crippen molar-refractivity contribution < 1.29 is 14.3 Å². The molecule has 1 fully saturated rings. The van der Waals surface area contributed by atoms with Crippen LogP contribution in [0, 0.1) is 0 Å². The Bertz CT molecular complexity index is 988. The maximum atomic E-state index is 13.1. The Morgan fingerprint density at radius 2 is 1.77 bits per heavy atom. The SMILES string of the molecule is COc1ccc(-c2c(Br)cc(N3CCC(NC(=O)OC(C)(C)C)CC3)c(=O)n2C)cc1. The molecule has 0 radical (unpaired) electrons. The summed E-state index contributed by atoms with van der Waals surface area (Å²) in [5, 5.41) is 2.93. The van der Waals surface area contributed by atoms with Gasteiger partial charge in [0.25, 0.3) is 5.56 Å². The van der Waals surface area contributed by atoms with Crippen LogP contribution in [0.3, 0.4) is 0 Å². The lowest BCUT2D eigenvalue weighted by molar-refractivity contribution is 0.0497. The summed E-state index contributed by atoms with van der Waals surface area (Å²) in [7, 11) is 3.41. The van der Waals surface area contributed by atoms with Gasteiger partial charge in [0.15, 0.2) is 0 Å². The maximum Gasteiger partial charge on any atom is 0.407 e. The van der Waals surface area contributed by atoms with E-state index < -0.39 is 11.7 Å². The molecule has 8 heteroatoms. The molecule has 1 amide bonds. The molecular formula is C23H30BrN3O4. The summed E-state index contributed by atoms with van der Waals surface area (Å²) in [4.78, 5) is 27.2. The number of aromatic nitrogens is 1. The van der Waals surface area contributed by atoms with Gasteiger partial charge in [-0.15, -0.1) is 0 Å². The number of methoxy groups -OCH3 is 1. The first-order valence-corrected chi connectivity index (χ1v) is 11.2. The number of amides is 1. The zero-order chi connectivity index (χ0) is 22.8. The van der Waals surface area contributed by atoms with Gasteiger partial charge in [-0.3, -0.25) is 4.79 Å². The molecule has 1 N–H and O–H groups in total. The highest BCUT2D eigenvalue weighted by molar-refractivity contribution is 9.10. The molecule has 31 heavy (non-hydrogen) atoms. The van der Waals surface area contributed by atoms with E-state index in [4.69, 9.17) is 9.47 Å². The lowest BCUT2D eigenvalue weighted by Gasteiger charge is -2.34. The molecule has 2 heterocycles. The van der Waals surface area contributed by atoms with Gasteiger partial charge in [-0.1, -0.05) is 0 Å². The number of alkyl carbamates (subject to hydrolysis) is 1. The van der Waals surface area contributed by atoms with Crippen LogP contribution in [0.25, 0.3) is 11.3 Å². The van der Waals surface area contributed by atoms with Crippen molar-refractivity contribution in [2.24, 2.45) is 7.05 Å². The highest BCUT2D eigenvalue weighted by Gasteiger charge is 2.26. The van der Waals surface area contributed by atoms with E-state index >= 15 is 0 Å². The van der Waals surface area contributed by atoms with Gasteiger partial charge in [-0.25, -0.2) is 4.79 Å². The number of hydrogen-bond acceptors (Lipinski definition) is 5. The number of carbonyl (C=O) groups is 1.